The zero-order chi connectivity index (χ0) is 13.5. The number of para-hydroxylation sites is 1. The van der Waals surface area contributed by atoms with E-state index in [-0.39, 0.29) is 11.7 Å². The molecule has 1 rings (SSSR count). The number of hydrogen-bond donors (Lipinski definition) is 1. The van der Waals surface area contributed by atoms with Crippen LogP contribution in [-0.2, 0) is 4.79 Å². The van der Waals surface area contributed by atoms with Gasteiger partial charge in [-0.2, -0.15) is 0 Å². The molecular formula is C14H18BrNO2. The SMILES string of the molecule is CCCC(=O)c1cccc(C)c1NC(=O)CCBr. The Morgan fingerprint density at radius 3 is 2.61 bits per heavy atom. The number of carbonyl (C=O) groups is 2. The molecule has 0 aromatic heterocycles. The Hall–Kier alpha value is -1.16. The number of carbonyl (C=O) groups excluding carboxylic acids is 2. The quantitative estimate of drug-likeness (QED) is 0.643. The van der Waals surface area contributed by atoms with E-state index in [2.05, 4.69) is 21.2 Å². The van der Waals surface area contributed by atoms with Gasteiger partial charge in [0.25, 0.3) is 0 Å². The molecule has 0 heterocycles. The number of hydrogen-bond acceptors (Lipinski definition) is 2. The molecule has 0 aliphatic heterocycles. The first kappa shape index (κ1) is 14.9. The molecule has 4 heteroatoms. The number of Topliss-reactive ketones (excluding diaryl/α,β-unsaturated/α-hetero) is 1. The minimum Gasteiger partial charge on any atom is -0.325 e. The van der Waals surface area contributed by atoms with Gasteiger partial charge in [-0.05, 0) is 25.0 Å². The lowest BCUT2D eigenvalue weighted by Crippen LogP contribution is -2.15. The van der Waals surface area contributed by atoms with Crippen molar-refractivity contribution in [3.8, 4) is 0 Å². The van der Waals surface area contributed by atoms with Crippen LogP contribution in [0.25, 0.3) is 0 Å². The number of nitrogens with one attached hydrogen (secondary N) is 1. The van der Waals surface area contributed by atoms with Crippen molar-refractivity contribution < 1.29 is 9.59 Å². The van der Waals surface area contributed by atoms with Crippen LogP contribution in [-0.4, -0.2) is 17.0 Å². The van der Waals surface area contributed by atoms with Gasteiger partial charge in [0, 0.05) is 23.7 Å². The second kappa shape index (κ2) is 7.31. The zero-order valence-electron chi connectivity index (χ0n) is 10.8. The number of aryl methyl sites for hydroxylation is 1. The van der Waals surface area contributed by atoms with E-state index in [0.29, 0.717) is 29.4 Å². The first-order valence-electron chi connectivity index (χ1n) is 6.08. The highest BCUT2D eigenvalue weighted by atomic mass is 79.9. The molecule has 0 spiro atoms. The highest BCUT2D eigenvalue weighted by molar-refractivity contribution is 9.09. The summed E-state index contributed by atoms with van der Waals surface area (Å²) in [7, 11) is 0. The van der Waals surface area contributed by atoms with Gasteiger partial charge in [0.15, 0.2) is 5.78 Å². The van der Waals surface area contributed by atoms with Crippen LogP contribution < -0.4 is 5.32 Å². The van der Waals surface area contributed by atoms with Crippen molar-refractivity contribution in [1.29, 1.82) is 0 Å². The maximum Gasteiger partial charge on any atom is 0.225 e. The predicted octanol–water partition coefficient (Wildman–Crippen LogP) is 3.70. The minimum absolute atomic E-state index is 0.0771. The normalized spacial score (nSPS) is 10.2. The molecule has 0 radical (unpaired) electrons. The van der Waals surface area contributed by atoms with E-state index >= 15 is 0 Å². The van der Waals surface area contributed by atoms with Crippen molar-refractivity contribution in [2.45, 2.75) is 33.1 Å². The summed E-state index contributed by atoms with van der Waals surface area (Å²) in [6.45, 7) is 3.86. The topological polar surface area (TPSA) is 46.2 Å². The lowest BCUT2D eigenvalue weighted by molar-refractivity contribution is -0.115. The molecular weight excluding hydrogens is 294 g/mol. The Morgan fingerprint density at radius 1 is 1.28 bits per heavy atom. The first-order chi connectivity index (χ1) is 8.60. The lowest BCUT2D eigenvalue weighted by atomic mass is 10.0. The van der Waals surface area contributed by atoms with Crippen molar-refractivity contribution in [3.63, 3.8) is 0 Å². The number of anilines is 1. The molecule has 0 saturated heterocycles. The van der Waals surface area contributed by atoms with Gasteiger partial charge in [-0.25, -0.2) is 0 Å². The molecule has 98 valence electrons. The standard InChI is InChI=1S/C14H18BrNO2/c1-3-5-12(17)11-7-4-6-10(2)14(11)16-13(18)8-9-15/h4,6-7H,3,5,8-9H2,1-2H3,(H,16,18). The van der Waals surface area contributed by atoms with Gasteiger partial charge in [0.2, 0.25) is 5.91 Å². The van der Waals surface area contributed by atoms with Gasteiger partial charge in [0.1, 0.15) is 0 Å². The molecule has 0 unspecified atom stereocenters. The maximum absolute atomic E-state index is 12.0. The summed E-state index contributed by atoms with van der Waals surface area (Å²) in [4.78, 5) is 23.6. The summed E-state index contributed by atoms with van der Waals surface area (Å²) in [6.07, 6.45) is 1.71. The van der Waals surface area contributed by atoms with Crippen LogP contribution in [0.5, 0.6) is 0 Å². The Bertz CT molecular complexity index is 443. The van der Waals surface area contributed by atoms with E-state index in [1.165, 1.54) is 0 Å². The fourth-order valence-corrected chi connectivity index (χ4v) is 2.08. The lowest BCUT2D eigenvalue weighted by Gasteiger charge is -2.12. The zero-order valence-corrected chi connectivity index (χ0v) is 12.3. The van der Waals surface area contributed by atoms with Crippen LogP contribution in [0.2, 0.25) is 0 Å². The Kier molecular flexibility index (Phi) is 6.05. The minimum atomic E-state index is -0.0771. The van der Waals surface area contributed by atoms with E-state index in [1.807, 2.05) is 26.0 Å². The second-order valence-electron chi connectivity index (χ2n) is 4.16. The molecule has 3 nitrogen and oxygen atoms in total. The number of ketones is 1. The Morgan fingerprint density at radius 2 is 2.00 bits per heavy atom. The average Bonchev–Trinajstić information content (AvgIpc) is 2.32. The van der Waals surface area contributed by atoms with Crippen molar-refractivity contribution in [3.05, 3.63) is 29.3 Å². The molecule has 1 N–H and O–H groups in total. The number of amides is 1. The van der Waals surface area contributed by atoms with Crippen molar-refractivity contribution in [2.75, 3.05) is 10.6 Å². The van der Waals surface area contributed by atoms with E-state index in [1.54, 1.807) is 6.07 Å². The summed E-state index contributed by atoms with van der Waals surface area (Å²) in [5, 5.41) is 3.44. The third-order valence-corrected chi connectivity index (χ3v) is 3.03. The third-order valence-electron chi connectivity index (χ3n) is 2.64. The van der Waals surface area contributed by atoms with Gasteiger partial charge in [-0.15, -0.1) is 0 Å². The molecule has 0 saturated carbocycles. The highest BCUT2D eigenvalue weighted by Gasteiger charge is 2.14. The summed E-state index contributed by atoms with van der Waals surface area (Å²) in [6, 6.07) is 5.51. The highest BCUT2D eigenvalue weighted by Crippen LogP contribution is 2.22. The molecule has 0 aliphatic rings. The molecule has 0 bridgehead atoms. The molecule has 1 aromatic rings. The number of rotatable bonds is 6. The van der Waals surface area contributed by atoms with Crippen LogP contribution in [0.3, 0.4) is 0 Å². The summed E-state index contributed by atoms with van der Waals surface area (Å²) in [5.41, 5.74) is 2.18. The molecule has 0 aliphatic carbocycles. The third kappa shape index (κ3) is 3.95. The van der Waals surface area contributed by atoms with Crippen LogP contribution in [0.1, 0.15) is 42.1 Å². The molecule has 1 amide bonds. The molecule has 1 aromatic carbocycles. The van der Waals surface area contributed by atoms with Crippen molar-refractivity contribution in [1.82, 2.24) is 0 Å². The van der Waals surface area contributed by atoms with Gasteiger partial charge in [-0.1, -0.05) is 35.0 Å². The van der Waals surface area contributed by atoms with Crippen LogP contribution >= 0.6 is 15.9 Å². The smallest absolute Gasteiger partial charge is 0.225 e. The summed E-state index contributed by atoms with van der Waals surface area (Å²) < 4.78 is 0. The number of halogens is 1. The predicted molar refractivity (Wildman–Crippen MR) is 77.5 cm³/mol. The Labute approximate surface area is 116 Å². The van der Waals surface area contributed by atoms with E-state index in [4.69, 9.17) is 0 Å². The van der Waals surface area contributed by atoms with E-state index in [0.717, 1.165) is 12.0 Å². The monoisotopic (exact) mass is 311 g/mol. The maximum atomic E-state index is 12.0. The van der Waals surface area contributed by atoms with Gasteiger partial charge >= 0.3 is 0 Å². The first-order valence-corrected chi connectivity index (χ1v) is 7.21. The van der Waals surface area contributed by atoms with Gasteiger partial charge in [0.05, 0.1) is 5.69 Å². The number of benzene rings is 1. The van der Waals surface area contributed by atoms with E-state index in [9.17, 15) is 9.59 Å². The largest absolute Gasteiger partial charge is 0.325 e. The fraction of sp³-hybridized carbons (Fsp3) is 0.429. The van der Waals surface area contributed by atoms with Crippen molar-refractivity contribution >= 4 is 33.3 Å². The molecule has 0 fully saturated rings. The molecule has 0 atom stereocenters. The summed E-state index contributed by atoms with van der Waals surface area (Å²) >= 11 is 3.23. The summed E-state index contributed by atoms with van der Waals surface area (Å²) in [5.74, 6) is 0.00191. The Balaban J connectivity index is 3.00. The second-order valence-corrected chi connectivity index (χ2v) is 4.95. The van der Waals surface area contributed by atoms with Gasteiger partial charge < -0.3 is 5.32 Å². The van der Waals surface area contributed by atoms with Crippen molar-refractivity contribution in [2.24, 2.45) is 0 Å². The van der Waals surface area contributed by atoms with Crippen LogP contribution in [0.4, 0.5) is 5.69 Å². The van der Waals surface area contributed by atoms with Gasteiger partial charge in [-0.3, -0.25) is 9.59 Å². The average molecular weight is 312 g/mol. The fourth-order valence-electron chi connectivity index (χ4n) is 1.72. The number of alkyl halides is 1. The van der Waals surface area contributed by atoms with Crippen LogP contribution in [0, 0.1) is 6.92 Å². The van der Waals surface area contributed by atoms with Crippen LogP contribution in [0.15, 0.2) is 18.2 Å². The van der Waals surface area contributed by atoms with E-state index < -0.39 is 0 Å². The molecule has 18 heavy (non-hydrogen) atoms.